The molecule has 1 amide bonds. The predicted molar refractivity (Wildman–Crippen MR) is 96.3 cm³/mol. The summed E-state index contributed by atoms with van der Waals surface area (Å²) in [7, 11) is 3.86. The van der Waals surface area contributed by atoms with Gasteiger partial charge in [-0.15, -0.1) is 0 Å². The number of amides is 1. The van der Waals surface area contributed by atoms with Gasteiger partial charge in [0.15, 0.2) is 0 Å². The highest BCUT2D eigenvalue weighted by molar-refractivity contribution is 5.88. The molecule has 0 heterocycles. The second-order valence-corrected chi connectivity index (χ2v) is 5.50. The zero-order chi connectivity index (χ0) is 18.4. The van der Waals surface area contributed by atoms with Crippen molar-refractivity contribution in [1.29, 1.82) is 0 Å². The largest absolute Gasteiger partial charge is 0.438 e. The number of carbonyl (C=O) groups is 1. The molecule has 0 saturated heterocycles. The van der Waals surface area contributed by atoms with Crippen LogP contribution in [-0.4, -0.2) is 31.3 Å². The van der Waals surface area contributed by atoms with Gasteiger partial charge in [-0.1, -0.05) is 23.4 Å². The number of oxime groups is 1. The van der Waals surface area contributed by atoms with Gasteiger partial charge >= 0.3 is 6.09 Å². The van der Waals surface area contributed by atoms with Crippen LogP contribution in [0.1, 0.15) is 11.1 Å². The Hall–Kier alpha value is -3.42. The second-order valence-electron chi connectivity index (χ2n) is 5.50. The van der Waals surface area contributed by atoms with Crippen LogP contribution in [0.25, 0.3) is 0 Å². The molecule has 8 nitrogen and oxygen atoms in total. The molecule has 0 spiro atoms. The van der Waals surface area contributed by atoms with Crippen LogP contribution in [0.15, 0.2) is 47.6 Å². The lowest BCUT2D eigenvalue weighted by molar-refractivity contribution is -0.384. The smallest absolute Gasteiger partial charge is 0.378 e. The molecule has 8 heteroatoms. The molecule has 2 rings (SSSR count). The van der Waals surface area contributed by atoms with Crippen molar-refractivity contribution in [2.75, 3.05) is 24.3 Å². The highest BCUT2D eigenvalue weighted by Crippen LogP contribution is 2.25. The van der Waals surface area contributed by atoms with Crippen molar-refractivity contribution in [3.8, 4) is 0 Å². The van der Waals surface area contributed by atoms with E-state index in [1.54, 1.807) is 13.0 Å². The first kappa shape index (κ1) is 17.9. The molecule has 0 aliphatic carbocycles. The van der Waals surface area contributed by atoms with Gasteiger partial charge in [-0.3, -0.25) is 20.3 Å². The number of hydrogen-bond acceptors (Lipinski definition) is 6. The van der Waals surface area contributed by atoms with Crippen LogP contribution >= 0.6 is 0 Å². The van der Waals surface area contributed by atoms with Crippen molar-refractivity contribution in [1.82, 2.24) is 0 Å². The molecule has 0 fully saturated rings. The van der Waals surface area contributed by atoms with Crippen molar-refractivity contribution >= 4 is 29.4 Å². The summed E-state index contributed by atoms with van der Waals surface area (Å²) in [6.45, 7) is 1.72. The molecule has 0 bridgehead atoms. The Labute approximate surface area is 144 Å². The van der Waals surface area contributed by atoms with Crippen LogP contribution in [0.3, 0.4) is 0 Å². The maximum atomic E-state index is 11.7. The number of nitro benzene ring substituents is 1. The first-order chi connectivity index (χ1) is 11.9. The number of nitrogens with one attached hydrogen (secondary N) is 1. The van der Waals surface area contributed by atoms with Gasteiger partial charge in [0, 0.05) is 25.8 Å². The number of nitrogens with zero attached hydrogens (tertiary/aromatic N) is 3. The van der Waals surface area contributed by atoms with Gasteiger partial charge in [0.1, 0.15) is 5.69 Å². The molecule has 0 radical (unpaired) electrons. The molecule has 0 unspecified atom stereocenters. The van der Waals surface area contributed by atoms with Crippen molar-refractivity contribution in [3.63, 3.8) is 0 Å². The standard InChI is InChI=1S/C17H18N4O4/c1-12-4-9-15(16(10-12)21(23)24)19-17(22)25-18-11-13-5-7-14(8-6-13)20(2)3/h4-11H,1-3H3,(H,19,22)/b18-11-. The zero-order valence-electron chi connectivity index (χ0n) is 14.1. The minimum Gasteiger partial charge on any atom is -0.378 e. The molecule has 1 N–H and O–H groups in total. The van der Waals surface area contributed by atoms with Crippen molar-refractivity contribution in [3.05, 3.63) is 63.7 Å². The lowest BCUT2D eigenvalue weighted by Crippen LogP contribution is -2.12. The van der Waals surface area contributed by atoms with Gasteiger partial charge in [0.25, 0.3) is 5.69 Å². The quantitative estimate of drug-likeness (QED) is 0.388. The van der Waals surface area contributed by atoms with E-state index in [0.717, 1.165) is 11.3 Å². The zero-order valence-corrected chi connectivity index (χ0v) is 14.1. The third-order valence-electron chi connectivity index (χ3n) is 3.33. The van der Waals surface area contributed by atoms with Crippen LogP contribution in [0.4, 0.5) is 21.9 Å². The Kier molecular flexibility index (Phi) is 5.67. The van der Waals surface area contributed by atoms with Crippen LogP contribution in [-0.2, 0) is 4.84 Å². The maximum Gasteiger partial charge on any atom is 0.438 e. The summed E-state index contributed by atoms with van der Waals surface area (Å²) in [6.07, 6.45) is 0.468. The van der Waals surface area contributed by atoms with Crippen LogP contribution < -0.4 is 10.2 Å². The fourth-order valence-electron chi connectivity index (χ4n) is 2.02. The predicted octanol–water partition coefficient (Wildman–Crippen LogP) is 3.55. The monoisotopic (exact) mass is 342 g/mol. The Balaban J connectivity index is 1.98. The van der Waals surface area contributed by atoms with Crippen LogP contribution in [0, 0.1) is 17.0 Å². The molecule has 0 saturated carbocycles. The highest BCUT2D eigenvalue weighted by Gasteiger charge is 2.16. The summed E-state index contributed by atoms with van der Waals surface area (Å²) in [5.74, 6) is 0. The average molecular weight is 342 g/mol. The van der Waals surface area contributed by atoms with E-state index in [9.17, 15) is 14.9 Å². The molecule has 2 aromatic rings. The normalized spacial score (nSPS) is 10.5. The topological polar surface area (TPSA) is 97.1 Å². The highest BCUT2D eigenvalue weighted by atomic mass is 16.7. The van der Waals surface area contributed by atoms with Gasteiger partial charge in [0.05, 0.1) is 11.1 Å². The lowest BCUT2D eigenvalue weighted by atomic mass is 10.2. The Morgan fingerprint density at radius 1 is 1.24 bits per heavy atom. The number of rotatable bonds is 5. The van der Waals surface area contributed by atoms with E-state index in [1.807, 2.05) is 43.3 Å². The third kappa shape index (κ3) is 5.03. The number of nitro groups is 1. The van der Waals surface area contributed by atoms with Crippen molar-refractivity contribution in [2.45, 2.75) is 6.92 Å². The minimum absolute atomic E-state index is 0.0473. The number of carbonyl (C=O) groups excluding carboxylic acids is 1. The van der Waals surface area contributed by atoms with Crippen molar-refractivity contribution < 1.29 is 14.6 Å². The van der Waals surface area contributed by atoms with E-state index in [2.05, 4.69) is 15.3 Å². The number of aryl methyl sites for hydroxylation is 1. The maximum absolute atomic E-state index is 11.7. The van der Waals surface area contributed by atoms with Crippen LogP contribution in [0.2, 0.25) is 0 Å². The third-order valence-corrected chi connectivity index (χ3v) is 3.33. The lowest BCUT2D eigenvalue weighted by Gasteiger charge is -2.11. The van der Waals surface area contributed by atoms with Gasteiger partial charge in [-0.25, -0.2) is 4.79 Å². The molecule has 130 valence electrons. The number of benzene rings is 2. The van der Waals surface area contributed by atoms with Gasteiger partial charge < -0.3 is 4.90 Å². The van der Waals surface area contributed by atoms with Gasteiger partial charge in [-0.2, -0.15) is 0 Å². The van der Waals surface area contributed by atoms with E-state index < -0.39 is 11.0 Å². The summed E-state index contributed by atoms with van der Waals surface area (Å²) in [4.78, 5) is 28.8. The van der Waals surface area contributed by atoms with E-state index in [4.69, 9.17) is 0 Å². The minimum atomic E-state index is -0.909. The Morgan fingerprint density at radius 2 is 1.92 bits per heavy atom. The number of anilines is 2. The van der Waals surface area contributed by atoms with E-state index in [1.165, 1.54) is 18.3 Å². The molecule has 0 aliphatic heterocycles. The summed E-state index contributed by atoms with van der Waals surface area (Å²) < 4.78 is 0. The Morgan fingerprint density at radius 3 is 2.52 bits per heavy atom. The summed E-state index contributed by atoms with van der Waals surface area (Å²) in [5, 5.41) is 16.9. The SMILES string of the molecule is Cc1ccc(NC(=O)O/N=C\c2ccc(N(C)C)cc2)c([N+](=O)[O-])c1. The second kappa shape index (κ2) is 7.91. The average Bonchev–Trinajstić information content (AvgIpc) is 2.56. The molecule has 25 heavy (non-hydrogen) atoms. The molecule has 0 atom stereocenters. The number of hydrogen-bond donors (Lipinski definition) is 1. The van der Waals surface area contributed by atoms with E-state index >= 15 is 0 Å². The fourth-order valence-corrected chi connectivity index (χ4v) is 2.02. The molecular weight excluding hydrogens is 324 g/mol. The van der Waals surface area contributed by atoms with Crippen LogP contribution in [0.5, 0.6) is 0 Å². The van der Waals surface area contributed by atoms with Gasteiger partial charge in [-0.05, 0) is 36.2 Å². The molecule has 0 aromatic heterocycles. The summed E-state index contributed by atoms with van der Waals surface area (Å²) in [5.41, 5.74) is 2.33. The first-order valence-electron chi connectivity index (χ1n) is 7.40. The molecular formula is C17H18N4O4. The Bertz CT molecular complexity index is 801. The van der Waals surface area contributed by atoms with Gasteiger partial charge in [0.2, 0.25) is 0 Å². The summed E-state index contributed by atoms with van der Waals surface area (Å²) >= 11 is 0. The van der Waals surface area contributed by atoms with E-state index in [-0.39, 0.29) is 11.4 Å². The molecule has 0 aliphatic rings. The molecule has 2 aromatic carbocycles. The van der Waals surface area contributed by atoms with Crippen molar-refractivity contribution in [2.24, 2.45) is 5.16 Å². The fraction of sp³-hybridized carbons (Fsp3) is 0.176. The first-order valence-corrected chi connectivity index (χ1v) is 7.40. The summed E-state index contributed by atoms with van der Waals surface area (Å²) in [6, 6.07) is 11.9. The van der Waals surface area contributed by atoms with E-state index in [0.29, 0.717) is 5.56 Å².